The number of halogens is 1. The molecule has 23 heavy (non-hydrogen) atoms. The maximum Gasteiger partial charge on any atom is 0.410 e. The predicted molar refractivity (Wildman–Crippen MR) is 94.7 cm³/mol. The fourth-order valence-electron chi connectivity index (χ4n) is 2.51. The molecule has 1 aromatic rings. The van der Waals surface area contributed by atoms with Gasteiger partial charge in [0.2, 0.25) is 0 Å². The van der Waals surface area contributed by atoms with Crippen molar-refractivity contribution in [3.63, 3.8) is 0 Å². The Morgan fingerprint density at radius 2 is 1.91 bits per heavy atom. The van der Waals surface area contributed by atoms with Crippen LogP contribution < -0.4 is 0 Å². The molecule has 5 heteroatoms. The van der Waals surface area contributed by atoms with Crippen LogP contribution in [0.15, 0.2) is 24.3 Å². The molecule has 1 aromatic carbocycles. The van der Waals surface area contributed by atoms with Crippen LogP contribution in [0.4, 0.5) is 4.79 Å². The van der Waals surface area contributed by atoms with E-state index in [1.165, 1.54) is 5.56 Å². The van der Waals surface area contributed by atoms with Crippen LogP contribution >= 0.6 is 15.9 Å². The summed E-state index contributed by atoms with van der Waals surface area (Å²) in [6, 6.07) is 8.37. The van der Waals surface area contributed by atoms with E-state index in [2.05, 4.69) is 40.2 Å². The van der Waals surface area contributed by atoms with Gasteiger partial charge in [-0.05, 0) is 44.7 Å². The first-order valence-electron chi connectivity index (χ1n) is 8.11. The highest BCUT2D eigenvalue weighted by molar-refractivity contribution is 9.08. The van der Waals surface area contributed by atoms with Gasteiger partial charge in [-0.3, -0.25) is 0 Å². The summed E-state index contributed by atoms with van der Waals surface area (Å²) in [5.74, 6) is 0. The zero-order chi connectivity index (χ0) is 16.9. The molecule has 1 heterocycles. The summed E-state index contributed by atoms with van der Waals surface area (Å²) in [6.45, 7) is 7.59. The number of hydrogen-bond donors (Lipinski definition) is 0. The molecule has 1 fully saturated rings. The fraction of sp³-hybridized carbons (Fsp3) is 0.611. The molecule has 0 spiro atoms. The largest absolute Gasteiger partial charge is 0.444 e. The Morgan fingerprint density at radius 1 is 1.26 bits per heavy atom. The van der Waals surface area contributed by atoms with E-state index in [1.807, 2.05) is 20.8 Å². The molecule has 0 saturated carbocycles. The minimum atomic E-state index is -0.456. The molecule has 0 aromatic heterocycles. The lowest BCUT2D eigenvalue weighted by Gasteiger charge is -2.34. The Labute approximate surface area is 147 Å². The van der Waals surface area contributed by atoms with Crippen LogP contribution in [0.2, 0.25) is 0 Å². The van der Waals surface area contributed by atoms with E-state index in [0.717, 1.165) is 30.3 Å². The quantitative estimate of drug-likeness (QED) is 0.718. The number of piperidine rings is 1. The van der Waals surface area contributed by atoms with E-state index in [1.54, 1.807) is 4.90 Å². The number of benzene rings is 1. The second-order valence-corrected chi connectivity index (χ2v) is 7.51. The first kappa shape index (κ1) is 18.3. The summed E-state index contributed by atoms with van der Waals surface area (Å²) in [6.07, 6.45) is 1.77. The molecular weight excluding hydrogens is 358 g/mol. The summed E-state index contributed by atoms with van der Waals surface area (Å²) in [5.41, 5.74) is 1.95. The molecular formula is C18H26BrNO3. The Kier molecular flexibility index (Phi) is 6.48. The number of rotatable bonds is 4. The molecule has 1 unspecified atom stereocenters. The van der Waals surface area contributed by atoms with Crippen molar-refractivity contribution >= 4 is 22.0 Å². The van der Waals surface area contributed by atoms with Crippen molar-refractivity contribution in [1.82, 2.24) is 4.90 Å². The van der Waals surface area contributed by atoms with Gasteiger partial charge in [0.15, 0.2) is 0 Å². The number of amides is 1. The van der Waals surface area contributed by atoms with E-state index in [0.29, 0.717) is 13.2 Å². The van der Waals surface area contributed by atoms with Gasteiger partial charge in [-0.2, -0.15) is 0 Å². The average Bonchev–Trinajstić information content (AvgIpc) is 2.52. The van der Waals surface area contributed by atoms with E-state index in [9.17, 15) is 4.79 Å². The minimum Gasteiger partial charge on any atom is -0.444 e. The molecule has 1 saturated heterocycles. The van der Waals surface area contributed by atoms with E-state index < -0.39 is 5.60 Å². The average molecular weight is 384 g/mol. The number of alkyl halides is 1. The maximum atomic E-state index is 12.1. The van der Waals surface area contributed by atoms with Gasteiger partial charge in [0.05, 0.1) is 19.3 Å². The summed E-state index contributed by atoms with van der Waals surface area (Å²) in [5, 5.41) is 0.863. The fourth-order valence-corrected chi connectivity index (χ4v) is 2.88. The molecule has 128 valence electrons. The van der Waals surface area contributed by atoms with Gasteiger partial charge in [-0.25, -0.2) is 4.79 Å². The van der Waals surface area contributed by atoms with Crippen molar-refractivity contribution < 1.29 is 14.3 Å². The van der Waals surface area contributed by atoms with Crippen molar-refractivity contribution in [1.29, 1.82) is 0 Å². The Balaban J connectivity index is 1.82. The van der Waals surface area contributed by atoms with Crippen LogP contribution in [0.5, 0.6) is 0 Å². The highest BCUT2D eigenvalue weighted by atomic mass is 79.9. The number of carbonyl (C=O) groups excluding carboxylic acids is 1. The molecule has 1 aliphatic heterocycles. The number of nitrogens with zero attached hydrogens (tertiary/aromatic N) is 1. The molecule has 1 aliphatic rings. The highest BCUT2D eigenvalue weighted by Gasteiger charge is 2.27. The lowest BCUT2D eigenvalue weighted by atomic mass is 10.1. The molecule has 2 rings (SSSR count). The van der Waals surface area contributed by atoms with Crippen LogP contribution in [0.25, 0.3) is 0 Å². The summed E-state index contributed by atoms with van der Waals surface area (Å²) < 4.78 is 11.4. The van der Waals surface area contributed by atoms with Gasteiger partial charge in [0.25, 0.3) is 0 Å². The number of ether oxygens (including phenoxy) is 2. The van der Waals surface area contributed by atoms with Gasteiger partial charge in [-0.1, -0.05) is 40.2 Å². The number of likely N-dealkylation sites (tertiary alicyclic amines) is 1. The van der Waals surface area contributed by atoms with Crippen LogP contribution in [0.1, 0.15) is 44.7 Å². The van der Waals surface area contributed by atoms with Crippen molar-refractivity contribution in [3.8, 4) is 0 Å². The van der Waals surface area contributed by atoms with E-state index in [-0.39, 0.29) is 12.2 Å². The van der Waals surface area contributed by atoms with Crippen LogP contribution in [-0.2, 0) is 21.4 Å². The molecule has 0 radical (unpaired) electrons. The predicted octanol–water partition coefficient (Wildman–Crippen LogP) is 4.50. The third-order valence-electron chi connectivity index (χ3n) is 3.69. The monoisotopic (exact) mass is 383 g/mol. The summed E-state index contributed by atoms with van der Waals surface area (Å²) in [4.78, 5) is 13.9. The van der Waals surface area contributed by atoms with Gasteiger partial charge in [0.1, 0.15) is 5.60 Å². The van der Waals surface area contributed by atoms with Crippen molar-refractivity contribution in [2.75, 3.05) is 13.1 Å². The SMILES string of the molecule is CC(C)(C)OC(=O)N1CCCC(OCc2ccc(CBr)cc2)C1. The molecule has 4 nitrogen and oxygen atoms in total. The third kappa shape index (κ3) is 6.15. The second-order valence-electron chi connectivity index (χ2n) is 6.95. The number of carbonyl (C=O) groups is 1. The van der Waals surface area contributed by atoms with Crippen molar-refractivity contribution in [2.45, 2.75) is 57.3 Å². The molecule has 1 amide bonds. The Bertz CT molecular complexity index is 510. The zero-order valence-electron chi connectivity index (χ0n) is 14.2. The van der Waals surface area contributed by atoms with Gasteiger partial charge in [-0.15, -0.1) is 0 Å². The zero-order valence-corrected chi connectivity index (χ0v) is 15.8. The van der Waals surface area contributed by atoms with Crippen LogP contribution in [0.3, 0.4) is 0 Å². The summed E-state index contributed by atoms with van der Waals surface area (Å²) in [7, 11) is 0. The Hall–Kier alpha value is -1.07. The van der Waals surface area contributed by atoms with Crippen LogP contribution in [0, 0.1) is 0 Å². The maximum absolute atomic E-state index is 12.1. The van der Waals surface area contributed by atoms with Gasteiger partial charge >= 0.3 is 6.09 Å². The molecule has 1 atom stereocenters. The van der Waals surface area contributed by atoms with Crippen molar-refractivity contribution in [3.05, 3.63) is 35.4 Å². The lowest BCUT2D eigenvalue weighted by Crippen LogP contribution is -2.45. The topological polar surface area (TPSA) is 38.8 Å². The smallest absolute Gasteiger partial charge is 0.410 e. The van der Waals surface area contributed by atoms with E-state index in [4.69, 9.17) is 9.47 Å². The molecule has 0 bridgehead atoms. The van der Waals surface area contributed by atoms with Crippen molar-refractivity contribution in [2.24, 2.45) is 0 Å². The molecule has 0 aliphatic carbocycles. The van der Waals surface area contributed by atoms with Crippen LogP contribution in [-0.4, -0.2) is 35.8 Å². The summed E-state index contributed by atoms with van der Waals surface area (Å²) >= 11 is 3.44. The molecule has 0 N–H and O–H groups in total. The number of hydrogen-bond acceptors (Lipinski definition) is 3. The van der Waals surface area contributed by atoms with Gasteiger partial charge in [0, 0.05) is 11.9 Å². The van der Waals surface area contributed by atoms with E-state index >= 15 is 0 Å². The standard InChI is InChI=1S/C18H26BrNO3/c1-18(2,3)23-17(21)20-10-4-5-16(12-20)22-13-15-8-6-14(11-19)7-9-15/h6-9,16H,4-5,10-13H2,1-3H3. The minimum absolute atomic E-state index is 0.0760. The second kappa shape index (κ2) is 8.15. The normalized spacial score (nSPS) is 18.8. The third-order valence-corrected chi connectivity index (χ3v) is 4.34. The highest BCUT2D eigenvalue weighted by Crippen LogP contribution is 2.18. The lowest BCUT2D eigenvalue weighted by molar-refractivity contribution is -0.0258. The first-order valence-corrected chi connectivity index (χ1v) is 9.23. The van der Waals surface area contributed by atoms with Gasteiger partial charge < -0.3 is 14.4 Å². The Morgan fingerprint density at radius 3 is 2.52 bits per heavy atom. The first-order chi connectivity index (χ1) is 10.9.